The minimum absolute atomic E-state index is 0.0261. The van der Waals surface area contributed by atoms with Gasteiger partial charge in [-0.15, -0.1) is 0 Å². The molecule has 0 unspecified atom stereocenters. The van der Waals surface area contributed by atoms with Crippen molar-refractivity contribution in [2.75, 3.05) is 7.05 Å². The lowest BCUT2D eigenvalue weighted by molar-refractivity contribution is 0.0743. The highest BCUT2D eigenvalue weighted by Gasteiger charge is 2.18. The highest BCUT2D eigenvalue weighted by molar-refractivity contribution is 5.95. The topological polar surface area (TPSA) is 57.8 Å². The van der Waals surface area contributed by atoms with E-state index in [2.05, 4.69) is 4.98 Å². The standard InChI is InChI=1S/C18H19N3O2/c1-13(11-14-3-5-16(22)6-4-14)20(2)18(23)15-7-9-21-10-8-19-17(21)12-15/h3-10,12-13,22H,11H2,1-2H3/t13-/m0/s1. The Hall–Kier alpha value is -2.82. The van der Waals surface area contributed by atoms with Crippen LogP contribution in [0.2, 0.25) is 0 Å². The number of hydrogen-bond donors (Lipinski definition) is 1. The van der Waals surface area contributed by atoms with Crippen molar-refractivity contribution in [3.05, 3.63) is 66.1 Å². The molecule has 5 nitrogen and oxygen atoms in total. The van der Waals surface area contributed by atoms with Crippen molar-refractivity contribution < 1.29 is 9.90 Å². The largest absolute Gasteiger partial charge is 0.508 e. The summed E-state index contributed by atoms with van der Waals surface area (Å²) in [5.41, 5.74) is 2.47. The summed E-state index contributed by atoms with van der Waals surface area (Å²) >= 11 is 0. The van der Waals surface area contributed by atoms with Crippen molar-refractivity contribution in [1.29, 1.82) is 0 Å². The molecule has 1 aromatic carbocycles. The first-order valence-electron chi connectivity index (χ1n) is 7.52. The van der Waals surface area contributed by atoms with Crippen LogP contribution >= 0.6 is 0 Å². The summed E-state index contributed by atoms with van der Waals surface area (Å²) in [6.45, 7) is 2.01. The van der Waals surface area contributed by atoms with Gasteiger partial charge in [-0.25, -0.2) is 4.98 Å². The molecular weight excluding hydrogens is 290 g/mol. The molecule has 2 aromatic heterocycles. The van der Waals surface area contributed by atoms with Crippen molar-refractivity contribution in [3.63, 3.8) is 0 Å². The van der Waals surface area contributed by atoms with E-state index in [1.165, 1.54) is 0 Å². The fraction of sp³-hybridized carbons (Fsp3) is 0.222. The van der Waals surface area contributed by atoms with Crippen LogP contribution in [0.5, 0.6) is 5.75 Å². The maximum atomic E-state index is 12.6. The molecule has 0 radical (unpaired) electrons. The average Bonchev–Trinajstić information content (AvgIpc) is 3.03. The van der Waals surface area contributed by atoms with Gasteiger partial charge in [0, 0.05) is 37.2 Å². The summed E-state index contributed by atoms with van der Waals surface area (Å²) in [7, 11) is 1.81. The van der Waals surface area contributed by atoms with Crippen LogP contribution in [0.3, 0.4) is 0 Å². The number of benzene rings is 1. The molecule has 0 aliphatic rings. The van der Waals surface area contributed by atoms with E-state index in [1.807, 2.05) is 42.9 Å². The fourth-order valence-electron chi connectivity index (χ4n) is 2.56. The molecule has 0 saturated heterocycles. The summed E-state index contributed by atoms with van der Waals surface area (Å²) in [6, 6.07) is 10.7. The third-order valence-corrected chi connectivity index (χ3v) is 4.09. The Bertz CT molecular complexity index is 824. The molecule has 23 heavy (non-hydrogen) atoms. The summed E-state index contributed by atoms with van der Waals surface area (Å²) in [5.74, 6) is 0.223. The first kappa shape index (κ1) is 15.1. The molecular formula is C18H19N3O2. The van der Waals surface area contributed by atoms with Gasteiger partial charge in [0.15, 0.2) is 0 Å². The van der Waals surface area contributed by atoms with Gasteiger partial charge in [0.2, 0.25) is 0 Å². The second-order valence-electron chi connectivity index (χ2n) is 5.74. The summed E-state index contributed by atoms with van der Waals surface area (Å²) in [4.78, 5) is 18.6. The number of carbonyl (C=O) groups excluding carboxylic acids is 1. The van der Waals surface area contributed by atoms with E-state index in [0.29, 0.717) is 5.56 Å². The molecule has 0 bridgehead atoms. The van der Waals surface area contributed by atoms with Crippen LogP contribution in [-0.2, 0) is 6.42 Å². The number of amides is 1. The van der Waals surface area contributed by atoms with Crippen molar-refractivity contribution >= 4 is 11.6 Å². The third kappa shape index (κ3) is 3.18. The summed E-state index contributed by atoms with van der Waals surface area (Å²) in [6.07, 6.45) is 6.13. The van der Waals surface area contributed by atoms with Gasteiger partial charge < -0.3 is 14.4 Å². The van der Waals surface area contributed by atoms with Crippen molar-refractivity contribution in [1.82, 2.24) is 14.3 Å². The minimum atomic E-state index is -0.0261. The van der Waals surface area contributed by atoms with Crippen LogP contribution < -0.4 is 0 Å². The van der Waals surface area contributed by atoms with Crippen molar-refractivity contribution in [2.24, 2.45) is 0 Å². The second-order valence-corrected chi connectivity index (χ2v) is 5.74. The molecule has 0 aliphatic heterocycles. The maximum absolute atomic E-state index is 12.6. The Labute approximate surface area is 134 Å². The Kier molecular flexibility index (Phi) is 4.02. The average molecular weight is 309 g/mol. The van der Waals surface area contributed by atoms with E-state index in [-0.39, 0.29) is 17.7 Å². The second kappa shape index (κ2) is 6.12. The van der Waals surface area contributed by atoms with Gasteiger partial charge in [-0.05, 0) is 43.2 Å². The van der Waals surface area contributed by atoms with E-state index in [9.17, 15) is 9.90 Å². The van der Waals surface area contributed by atoms with E-state index in [0.717, 1.165) is 17.6 Å². The SMILES string of the molecule is C[C@@H](Cc1ccc(O)cc1)N(C)C(=O)c1ccn2ccnc2c1. The van der Waals surface area contributed by atoms with E-state index in [1.54, 1.807) is 35.4 Å². The number of rotatable bonds is 4. The molecule has 0 aliphatic carbocycles. The molecule has 5 heteroatoms. The highest BCUT2D eigenvalue weighted by atomic mass is 16.3. The number of hydrogen-bond acceptors (Lipinski definition) is 3. The number of pyridine rings is 1. The number of phenols is 1. The molecule has 118 valence electrons. The van der Waals surface area contributed by atoms with Crippen LogP contribution in [-0.4, -0.2) is 38.4 Å². The number of likely N-dealkylation sites (N-methyl/N-ethyl adjacent to an activating group) is 1. The lowest BCUT2D eigenvalue weighted by atomic mass is 10.1. The van der Waals surface area contributed by atoms with Gasteiger partial charge in [0.25, 0.3) is 5.91 Å². The van der Waals surface area contributed by atoms with Crippen LogP contribution in [0, 0.1) is 0 Å². The zero-order chi connectivity index (χ0) is 16.4. The van der Waals surface area contributed by atoms with Gasteiger partial charge in [0.05, 0.1) is 0 Å². The number of imidazole rings is 1. The predicted molar refractivity (Wildman–Crippen MR) is 88.6 cm³/mol. The molecule has 0 fully saturated rings. The molecule has 1 amide bonds. The first-order chi connectivity index (χ1) is 11.0. The smallest absolute Gasteiger partial charge is 0.254 e. The monoisotopic (exact) mass is 309 g/mol. The number of aromatic nitrogens is 2. The van der Waals surface area contributed by atoms with Gasteiger partial charge in [-0.1, -0.05) is 12.1 Å². The molecule has 3 aromatic rings. The highest BCUT2D eigenvalue weighted by Crippen LogP contribution is 2.15. The zero-order valence-corrected chi connectivity index (χ0v) is 13.2. The number of fused-ring (bicyclic) bond motifs is 1. The fourth-order valence-corrected chi connectivity index (χ4v) is 2.56. The Morgan fingerprint density at radius 2 is 2.00 bits per heavy atom. The van der Waals surface area contributed by atoms with Crippen molar-refractivity contribution in [3.8, 4) is 5.75 Å². The number of carbonyl (C=O) groups is 1. The van der Waals surface area contributed by atoms with Gasteiger partial charge in [-0.3, -0.25) is 4.79 Å². The minimum Gasteiger partial charge on any atom is -0.508 e. The quantitative estimate of drug-likeness (QED) is 0.806. The van der Waals surface area contributed by atoms with E-state index < -0.39 is 0 Å². The maximum Gasteiger partial charge on any atom is 0.254 e. The molecule has 1 N–H and O–H groups in total. The van der Waals surface area contributed by atoms with Crippen LogP contribution in [0.4, 0.5) is 0 Å². The Morgan fingerprint density at radius 1 is 1.26 bits per heavy atom. The lowest BCUT2D eigenvalue weighted by Crippen LogP contribution is -2.36. The third-order valence-electron chi connectivity index (χ3n) is 4.09. The molecule has 2 heterocycles. The first-order valence-corrected chi connectivity index (χ1v) is 7.52. The Morgan fingerprint density at radius 3 is 2.74 bits per heavy atom. The van der Waals surface area contributed by atoms with Gasteiger partial charge in [-0.2, -0.15) is 0 Å². The molecule has 0 saturated carbocycles. The molecule has 3 rings (SSSR count). The van der Waals surface area contributed by atoms with Gasteiger partial charge >= 0.3 is 0 Å². The van der Waals surface area contributed by atoms with Crippen LogP contribution in [0.15, 0.2) is 55.0 Å². The molecule has 1 atom stereocenters. The predicted octanol–water partition coefficient (Wildman–Crippen LogP) is 2.74. The van der Waals surface area contributed by atoms with Crippen molar-refractivity contribution in [2.45, 2.75) is 19.4 Å². The van der Waals surface area contributed by atoms with E-state index >= 15 is 0 Å². The van der Waals surface area contributed by atoms with Gasteiger partial charge in [0.1, 0.15) is 11.4 Å². The Balaban J connectivity index is 1.73. The van der Waals surface area contributed by atoms with Crippen LogP contribution in [0.1, 0.15) is 22.8 Å². The normalized spacial score (nSPS) is 12.3. The number of aromatic hydroxyl groups is 1. The zero-order valence-electron chi connectivity index (χ0n) is 13.2. The van der Waals surface area contributed by atoms with Crippen LogP contribution in [0.25, 0.3) is 5.65 Å². The summed E-state index contributed by atoms with van der Waals surface area (Å²) < 4.78 is 1.87. The lowest BCUT2D eigenvalue weighted by Gasteiger charge is -2.25. The molecule has 0 spiro atoms. The van der Waals surface area contributed by atoms with E-state index in [4.69, 9.17) is 0 Å². The number of phenolic OH excluding ortho intramolecular Hbond substituents is 1. The number of nitrogens with zero attached hydrogens (tertiary/aromatic N) is 3. The summed E-state index contributed by atoms with van der Waals surface area (Å²) in [5, 5.41) is 9.33.